The lowest BCUT2D eigenvalue weighted by molar-refractivity contribution is -0.384. The van der Waals surface area contributed by atoms with Gasteiger partial charge in [0.25, 0.3) is 5.69 Å². The van der Waals surface area contributed by atoms with Gasteiger partial charge >= 0.3 is 5.97 Å². The van der Waals surface area contributed by atoms with Gasteiger partial charge in [-0.05, 0) is 43.7 Å². The third-order valence-corrected chi connectivity index (χ3v) is 5.36. The summed E-state index contributed by atoms with van der Waals surface area (Å²) in [5.74, 6) is 0.349. The van der Waals surface area contributed by atoms with Gasteiger partial charge in [0, 0.05) is 43.8 Å². The number of likely N-dealkylation sites (tertiary alicyclic amines) is 1. The van der Waals surface area contributed by atoms with E-state index in [2.05, 4.69) is 0 Å². The van der Waals surface area contributed by atoms with Crippen molar-refractivity contribution in [2.45, 2.75) is 26.3 Å². The van der Waals surface area contributed by atoms with Gasteiger partial charge in [-0.15, -0.1) is 0 Å². The topological polar surface area (TPSA) is 108 Å². The summed E-state index contributed by atoms with van der Waals surface area (Å²) in [7, 11) is 0. The van der Waals surface area contributed by atoms with Crippen LogP contribution in [0.3, 0.4) is 0 Å². The summed E-state index contributed by atoms with van der Waals surface area (Å²) in [6.07, 6.45) is 1.43. The molecule has 160 valence electrons. The summed E-state index contributed by atoms with van der Waals surface area (Å²) in [4.78, 5) is 41.2. The normalized spacial score (nSPS) is 13.7. The number of rotatable bonds is 7. The fourth-order valence-electron chi connectivity index (χ4n) is 3.81. The van der Waals surface area contributed by atoms with E-state index < -0.39 is 10.9 Å². The average molecular weight is 422 g/mol. The number of carbonyl (C=O) groups excluding carboxylic acids is 2. The zero-order chi connectivity index (χ0) is 22.0. The molecule has 9 heteroatoms. The SMILES string of the molecule is CCOC(=O)c1ccc2c(c1)nc(-c1ccc([N+](=O)[O-])cc1)n2CCN1CCCC1=O. The Labute approximate surface area is 178 Å². The smallest absolute Gasteiger partial charge is 0.338 e. The van der Waals surface area contributed by atoms with Crippen molar-refractivity contribution in [3.63, 3.8) is 0 Å². The van der Waals surface area contributed by atoms with Gasteiger partial charge in [-0.3, -0.25) is 14.9 Å². The van der Waals surface area contributed by atoms with Crippen LogP contribution in [0.5, 0.6) is 0 Å². The van der Waals surface area contributed by atoms with Crippen molar-refractivity contribution in [1.82, 2.24) is 14.5 Å². The van der Waals surface area contributed by atoms with E-state index in [-0.39, 0.29) is 18.2 Å². The number of ether oxygens (including phenoxy) is 1. The number of nitrogens with zero attached hydrogens (tertiary/aromatic N) is 4. The number of benzene rings is 2. The Balaban J connectivity index is 1.74. The van der Waals surface area contributed by atoms with Gasteiger partial charge in [-0.1, -0.05) is 0 Å². The van der Waals surface area contributed by atoms with Crippen LogP contribution in [0, 0.1) is 10.1 Å². The number of imidazole rings is 1. The number of hydrogen-bond acceptors (Lipinski definition) is 6. The molecule has 1 aliphatic rings. The minimum atomic E-state index is -0.447. The molecule has 4 rings (SSSR count). The number of hydrogen-bond donors (Lipinski definition) is 0. The maximum atomic E-state index is 12.1. The standard InChI is InChI=1S/C22H22N4O5/c1-2-31-22(28)16-7-10-19-18(14-16)23-21(15-5-8-17(9-6-15)26(29)30)25(19)13-12-24-11-3-4-20(24)27/h5-10,14H,2-4,11-13H2,1H3. The van der Waals surface area contributed by atoms with Crippen molar-refractivity contribution in [2.24, 2.45) is 0 Å². The molecule has 1 saturated heterocycles. The fraction of sp³-hybridized carbons (Fsp3) is 0.318. The van der Waals surface area contributed by atoms with Crippen LogP contribution < -0.4 is 0 Å². The first kappa shape index (κ1) is 20.5. The lowest BCUT2D eigenvalue weighted by Gasteiger charge is -2.17. The lowest BCUT2D eigenvalue weighted by atomic mass is 10.2. The Morgan fingerprint density at radius 3 is 2.61 bits per heavy atom. The van der Waals surface area contributed by atoms with Crippen LogP contribution in [0.1, 0.15) is 30.1 Å². The lowest BCUT2D eigenvalue weighted by Crippen LogP contribution is -2.28. The molecule has 0 spiro atoms. The molecule has 0 unspecified atom stereocenters. The first-order valence-corrected chi connectivity index (χ1v) is 10.2. The first-order chi connectivity index (χ1) is 15.0. The molecule has 1 amide bonds. The highest BCUT2D eigenvalue weighted by atomic mass is 16.6. The predicted molar refractivity (Wildman–Crippen MR) is 114 cm³/mol. The van der Waals surface area contributed by atoms with Crippen LogP contribution >= 0.6 is 0 Å². The third-order valence-electron chi connectivity index (χ3n) is 5.36. The first-order valence-electron chi connectivity index (χ1n) is 10.2. The quantitative estimate of drug-likeness (QED) is 0.328. The highest BCUT2D eigenvalue weighted by molar-refractivity contribution is 5.94. The Bertz CT molecular complexity index is 1150. The van der Waals surface area contributed by atoms with E-state index in [0.29, 0.717) is 42.0 Å². The van der Waals surface area contributed by atoms with Crippen molar-refractivity contribution < 1.29 is 19.2 Å². The van der Waals surface area contributed by atoms with Crippen molar-refractivity contribution in [2.75, 3.05) is 19.7 Å². The van der Waals surface area contributed by atoms with Gasteiger partial charge in [-0.2, -0.15) is 0 Å². The van der Waals surface area contributed by atoms with E-state index >= 15 is 0 Å². The van der Waals surface area contributed by atoms with Crippen LogP contribution in [0.25, 0.3) is 22.4 Å². The predicted octanol–water partition coefficient (Wildman–Crippen LogP) is 3.41. The minimum absolute atomic E-state index is 0.00123. The Morgan fingerprint density at radius 2 is 1.97 bits per heavy atom. The molecule has 31 heavy (non-hydrogen) atoms. The summed E-state index contributed by atoms with van der Waals surface area (Å²) < 4.78 is 7.06. The molecule has 2 heterocycles. The summed E-state index contributed by atoms with van der Waals surface area (Å²) in [6.45, 7) is 3.84. The minimum Gasteiger partial charge on any atom is -0.462 e. The molecule has 1 aromatic heterocycles. The number of carbonyl (C=O) groups is 2. The Hall–Kier alpha value is -3.75. The summed E-state index contributed by atoms with van der Waals surface area (Å²) in [5, 5.41) is 11.0. The fourth-order valence-corrected chi connectivity index (χ4v) is 3.81. The molecule has 0 N–H and O–H groups in total. The molecule has 2 aromatic carbocycles. The monoisotopic (exact) mass is 422 g/mol. The molecule has 1 fully saturated rings. The van der Waals surface area contributed by atoms with Gasteiger partial charge in [0.05, 0.1) is 28.1 Å². The van der Waals surface area contributed by atoms with Crippen molar-refractivity contribution >= 4 is 28.6 Å². The van der Waals surface area contributed by atoms with Gasteiger partial charge in [0.15, 0.2) is 0 Å². The number of nitro benzene ring substituents is 1. The van der Waals surface area contributed by atoms with E-state index in [4.69, 9.17) is 9.72 Å². The van der Waals surface area contributed by atoms with Crippen LogP contribution in [-0.2, 0) is 16.1 Å². The third kappa shape index (κ3) is 4.11. The number of amides is 1. The van der Waals surface area contributed by atoms with Crippen molar-refractivity contribution in [3.8, 4) is 11.4 Å². The maximum Gasteiger partial charge on any atom is 0.338 e. The zero-order valence-corrected chi connectivity index (χ0v) is 17.1. The second-order valence-corrected chi connectivity index (χ2v) is 7.30. The second-order valence-electron chi connectivity index (χ2n) is 7.30. The highest BCUT2D eigenvalue weighted by Crippen LogP contribution is 2.27. The van der Waals surface area contributed by atoms with Crippen molar-refractivity contribution in [1.29, 1.82) is 0 Å². The van der Waals surface area contributed by atoms with E-state index in [0.717, 1.165) is 18.5 Å². The number of esters is 1. The zero-order valence-electron chi connectivity index (χ0n) is 17.1. The molecule has 1 aliphatic heterocycles. The van der Waals surface area contributed by atoms with Gasteiger partial charge in [0.1, 0.15) is 5.82 Å². The van der Waals surface area contributed by atoms with E-state index in [1.807, 2.05) is 15.5 Å². The van der Waals surface area contributed by atoms with E-state index in [1.165, 1.54) is 12.1 Å². The molecular formula is C22H22N4O5. The number of fused-ring (bicyclic) bond motifs is 1. The van der Waals surface area contributed by atoms with Crippen LogP contribution in [0.15, 0.2) is 42.5 Å². The molecule has 9 nitrogen and oxygen atoms in total. The molecule has 3 aromatic rings. The summed E-state index contributed by atoms with van der Waals surface area (Å²) in [6, 6.07) is 11.4. The number of aromatic nitrogens is 2. The van der Waals surface area contributed by atoms with Crippen LogP contribution in [-0.4, -0.2) is 50.9 Å². The maximum absolute atomic E-state index is 12.1. The average Bonchev–Trinajstić information content (AvgIpc) is 3.34. The largest absolute Gasteiger partial charge is 0.462 e. The molecule has 0 bridgehead atoms. The van der Waals surface area contributed by atoms with E-state index in [9.17, 15) is 19.7 Å². The number of nitro groups is 1. The van der Waals surface area contributed by atoms with Gasteiger partial charge in [0.2, 0.25) is 5.91 Å². The molecule has 0 radical (unpaired) electrons. The van der Waals surface area contributed by atoms with E-state index in [1.54, 1.807) is 31.2 Å². The molecular weight excluding hydrogens is 400 g/mol. The molecule has 0 atom stereocenters. The summed E-state index contributed by atoms with van der Waals surface area (Å²) in [5.41, 5.74) is 2.55. The Morgan fingerprint density at radius 1 is 1.19 bits per heavy atom. The van der Waals surface area contributed by atoms with Crippen molar-refractivity contribution in [3.05, 3.63) is 58.1 Å². The summed E-state index contributed by atoms with van der Waals surface area (Å²) >= 11 is 0. The van der Waals surface area contributed by atoms with Crippen LogP contribution in [0.2, 0.25) is 0 Å². The second kappa shape index (κ2) is 8.55. The highest BCUT2D eigenvalue weighted by Gasteiger charge is 2.22. The Kier molecular flexibility index (Phi) is 5.66. The van der Waals surface area contributed by atoms with Gasteiger partial charge in [-0.25, -0.2) is 9.78 Å². The van der Waals surface area contributed by atoms with Gasteiger partial charge < -0.3 is 14.2 Å². The van der Waals surface area contributed by atoms with Crippen LogP contribution in [0.4, 0.5) is 5.69 Å². The molecule has 0 aliphatic carbocycles. The molecule has 0 saturated carbocycles. The number of non-ortho nitro benzene ring substituents is 1.